The van der Waals surface area contributed by atoms with Gasteiger partial charge in [-0.3, -0.25) is 9.59 Å². The summed E-state index contributed by atoms with van der Waals surface area (Å²) in [4.78, 5) is 27.8. The molecule has 0 fully saturated rings. The highest BCUT2D eigenvalue weighted by molar-refractivity contribution is 9.10. The summed E-state index contributed by atoms with van der Waals surface area (Å²) >= 11 is 21.7. The number of carbonyl (C=O) groups is 2. The van der Waals surface area contributed by atoms with Crippen LogP contribution in [0.3, 0.4) is 0 Å². The molecule has 5 nitrogen and oxygen atoms in total. The molecule has 0 aliphatic carbocycles. The minimum atomic E-state index is -0.703. The first-order valence-electron chi connectivity index (χ1n) is 10.0. The number of ether oxygens (including phenoxy) is 1. The minimum Gasteiger partial charge on any atom is -0.483 e. The van der Waals surface area contributed by atoms with Crippen molar-refractivity contribution in [2.45, 2.75) is 52.2 Å². The van der Waals surface area contributed by atoms with Crippen LogP contribution in [0.4, 0.5) is 0 Å². The fourth-order valence-corrected chi connectivity index (χ4v) is 4.29. The molecule has 0 heterocycles. The standard InChI is InChI=1S/C23H26BrCl3N2O3/c1-5-19(22(31)28-23(2,3)4)29(12-14-6-7-16(26)11-18(14)27)21(30)13-32-20-9-8-15(25)10-17(20)24/h6-11,19H,5,12-13H2,1-4H3,(H,28,31). The van der Waals surface area contributed by atoms with Gasteiger partial charge in [0.2, 0.25) is 5.91 Å². The first-order valence-corrected chi connectivity index (χ1v) is 12.0. The Balaban J connectivity index is 2.30. The monoisotopic (exact) mass is 562 g/mol. The van der Waals surface area contributed by atoms with Crippen molar-refractivity contribution in [1.29, 1.82) is 0 Å². The Hall–Kier alpha value is -1.47. The lowest BCUT2D eigenvalue weighted by Crippen LogP contribution is -2.54. The molecule has 2 rings (SSSR count). The van der Waals surface area contributed by atoms with Gasteiger partial charge in [-0.25, -0.2) is 0 Å². The fourth-order valence-electron chi connectivity index (χ4n) is 3.02. The van der Waals surface area contributed by atoms with Crippen molar-refractivity contribution >= 4 is 62.5 Å². The highest BCUT2D eigenvalue weighted by Crippen LogP contribution is 2.28. The van der Waals surface area contributed by atoms with Gasteiger partial charge in [-0.05, 0) is 79.0 Å². The van der Waals surface area contributed by atoms with Crippen LogP contribution in [0.25, 0.3) is 0 Å². The highest BCUT2D eigenvalue weighted by Gasteiger charge is 2.31. The summed E-state index contributed by atoms with van der Waals surface area (Å²) in [6.45, 7) is 7.40. The van der Waals surface area contributed by atoms with E-state index in [9.17, 15) is 9.59 Å². The summed E-state index contributed by atoms with van der Waals surface area (Å²) in [7, 11) is 0. The first kappa shape index (κ1) is 26.8. The molecule has 2 amide bonds. The molecule has 1 atom stereocenters. The molecule has 0 saturated heterocycles. The van der Waals surface area contributed by atoms with Crippen LogP contribution in [0.5, 0.6) is 5.75 Å². The number of halogens is 4. The second-order valence-corrected chi connectivity index (χ2v) is 10.4. The molecule has 0 spiro atoms. The molecule has 174 valence electrons. The Kier molecular flexibility index (Phi) is 9.70. The smallest absolute Gasteiger partial charge is 0.261 e. The molecule has 0 aromatic heterocycles. The third-order valence-electron chi connectivity index (χ3n) is 4.48. The number of nitrogens with zero attached hydrogens (tertiary/aromatic N) is 1. The van der Waals surface area contributed by atoms with Crippen molar-refractivity contribution in [2.24, 2.45) is 0 Å². The van der Waals surface area contributed by atoms with E-state index >= 15 is 0 Å². The number of hydrogen-bond acceptors (Lipinski definition) is 3. The molecule has 32 heavy (non-hydrogen) atoms. The van der Waals surface area contributed by atoms with E-state index in [1.807, 2.05) is 27.7 Å². The maximum atomic E-state index is 13.3. The zero-order valence-corrected chi connectivity index (χ0v) is 22.2. The largest absolute Gasteiger partial charge is 0.483 e. The number of carbonyl (C=O) groups excluding carboxylic acids is 2. The Morgan fingerprint density at radius 1 is 1.09 bits per heavy atom. The van der Waals surface area contributed by atoms with E-state index in [-0.39, 0.29) is 25.0 Å². The van der Waals surface area contributed by atoms with Gasteiger partial charge in [-0.15, -0.1) is 0 Å². The van der Waals surface area contributed by atoms with Crippen molar-refractivity contribution in [2.75, 3.05) is 6.61 Å². The van der Waals surface area contributed by atoms with Gasteiger partial charge < -0.3 is 15.0 Å². The summed E-state index contributed by atoms with van der Waals surface area (Å²) in [6, 6.07) is 9.37. The number of amides is 2. The van der Waals surface area contributed by atoms with Crippen molar-refractivity contribution in [3.63, 3.8) is 0 Å². The average molecular weight is 565 g/mol. The van der Waals surface area contributed by atoms with Gasteiger partial charge >= 0.3 is 0 Å². The molecular formula is C23H26BrCl3N2O3. The number of nitrogens with one attached hydrogen (secondary N) is 1. The molecule has 2 aromatic rings. The first-order chi connectivity index (χ1) is 14.9. The van der Waals surface area contributed by atoms with Crippen LogP contribution >= 0.6 is 50.7 Å². The maximum Gasteiger partial charge on any atom is 0.261 e. The molecule has 2 aromatic carbocycles. The van der Waals surface area contributed by atoms with Crippen molar-refractivity contribution in [1.82, 2.24) is 10.2 Å². The molecule has 0 aliphatic rings. The quantitative estimate of drug-likeness (QED) is 0.398. The minimum absolute atomic E-state index is 0.135. The van der Waals surface area contributed by atoms with Crippen LogP contribution in [-0.2, 0) is 16.1 Å². The van der Waals surface area contributed by atoms with Crippen molar-refractivity contribution < 1.29 is 14.3 Å². The van der Waals surface area contributed by atoms with Crippen molar-refractivity contribution in [3.8, 4) is 5.75 Å². The van der Waals surface area contributed by atoms with E-state index < -0.39 is 11.6 Å². The van der Waals surface area contributed by atoms with Gasteiger partial charge in [0.25, 0.3) is 5.91 Å². The lowest BCUT2D eigenvalue weighted by molar-refractivity contribution is -0.143. The predicted octanol–water partition coefficient (Wildman–Crippen LogP) is 6.51. The van der Waals surface area contributed by atoms with E-state index in [4.69, 9.17) is 39.5 Å². The fraction of sp³-hybridized carbons (Fsp3) is 0.391. The summed E-state index contributed by atoms with van der Waals surface area (Å²) in [5, 5.41) is 4.41. The Bertz CT molecular complexity index is 979. The van der Waals surface area contributed by atoms with Gasteiger partial charge in [-0.1, -0.05) is 47.8 Å². The third kappa shape index (κ3) is 7.84. The topological polar surface area (TPSA) is 58.6 Å². The van der Waals surface area contributed by atoms with E-state index in [1.165, 1.54) is 4.90 Å². The second-order valence-electron chi connectivity index (χ2n) is 8.28. The van der Waals surface area contributed by atoms with Crippen molar-refractivity contribution in [3.05, 3.63) is 61.5 Å². The lowest BCUT2D eigenvalue weighted by atomic mass is 10.1. The van der Waals surface area contributed by atoms with E-state index in [2.05, 4.69) is 21.2 Å². The second kappa shape index (κ2) is 11.6. The molecule has 9 heteroatoms. The normalized spacial score (nSPS) is 12.2. The molecule has 1 unspecified atom stereocenters. The van der Waals surface area contributed by atoms with Crippen LogP contribution in [0.2, 0.25) is 15.1 Å². The number of rotatable bonds is 8. The Morgan fingerprint density at radius 3 is 2.28 bits per heavy atom. The van der Waals surface area contributed by atoms with Crippen LogP contribution in [0, 0.1) is 0 Å². The highest BCUT2D eigenvalue weighted by atomic mass is 79.9. The maximum absolute atomic E-state index is 13.3. The van der Waals surface area contributed by atoms with E-state index in [0.717, 1.165) is 0 Å². The van der Waals surface area contributed by atoms with Gasteiger partial charge in [0.15, 0.2) is 6.61 Å². The summed E-state index contributed by atoms with van der Waals surface area (Å²) in [5.74, 6) is -0.126. The molecule has 0 radical (unpaired) electrons. The number of benzene rings is 2. The molecule has 0 aliphatic heterocycles. The lowest BCUT2D eigenvalue weighted by Gasteiger charge is -2.33. The summed E-state index contributed by atoms with van der Waals surface area (Å²) in [6.07, 6.45) is 0.420. The molecule has 0 saturated carbocycles. The molecule has 1 N–H and O–H groups in total. The van der Waals surface area contributed by atoms with Crippen LogP contribution in [0.15, 0.2) is 40.9 Å². The van der Waals surface area contributed by atoms with E-state index in [0.29, 0.717) is 37.3 Å². The van der Waals surface area contributed by atoms with Crippen LogP contribution in [0.1, 0.15) is 39.7 Å². The summed E-state index contributed by atoms with van der Waals surface area (Å²) < 4.78 is 6.34. The van der Waals surface area contributed by atoms with Crippen LogP contribution < -0.4 is 10.1 Å². The average Bonchev–Trinajstić information content (AvgIpc) is 2.67. The predicted molar refractivity (Wildman–Crippen MR) is 134 cm³/mol. The van der Waals surface area contributed by atoms with Gasteiger partial charge in [0, 0.05) is 27.2 Å². The van der Waals surface area contributed by atoms with E-state index in [1.54, 1.807) is 36.4 Å². The van der Waals surface area contributed by atoms with Crippen LogP contribution in [-0.4, -0.2) is 34.9 Å². The Morgan fingerprint density at radius 2 is 1.72 bits per heavy atom. The summed E-state index contributed by atoms with van der Waals surface area (Å²) in [5.41, 5.74) is 0.237. The third-order valence-corrected chi connectivity index (χ3v) is 5.93. The Labute approximate surface area is 212 Å². The van der Waals surface area contributed by atoms with Gasteiger partial charge in [-0.2, -0.15) is 0 Å². The number of hydrogen-bond donors (Lipinski definition) is 1. The SMILES string of the molecule is CCC(C(=O)NC(C)(C)C)N(Cc1ccc(Cl)cc1Cl)C(=O)COc1ccc(Cl)cc1Br. The van der Waals surface area contributed by atoms with Gasteiger partial charge in [0.1, 0.15) is 11.8 Å². The van der Waals surface area contributed by atoms with Gasteiger partial charge in [0.05, 0.1) is 4.47 Å². The zero-order valence-electron chi connectivity index (χ0n) is 18.3. The molecule has 0 bridgehead atoms. The zero-order chi connectivity index (χ0) is 24.1. The molecular weight excluding hydrogens is 539 g/mol.